The zero-order valence-corrected chi connectivity index (χ0v) is 9.42. The number of halogens is 3. The minimum Gasteiger partial charge on any atom is -0.102 e. The zero-order valence-electron chi connectivity index (χ0n) is 7.15. The van der Waals surface area contributed by atoms with Crippen LogP contribution in [0.25, 0.3) is 0 Å². The summed E-state index contributed by atoms with van der Waals surface area (Å²) < 4.78 is 0. The lowest BCUT2D eigenvalue weighted by Gasteiger charge is -2.08. The Balaban J connectivity index is 3.20. The van der Waals surface area contributed by atoms with Crippen molar-refractivity contribution in [1.29, 1.82) is 0 Å². The van der Waals surface area contributed by atoms with Crippen LogP contribution in [0.3, 0.4) is 0 Å². The molecule has 0 nitrogen and oxygen atoms in total. The van der Waals surface area contributed by atoms with Crippen LogP contribution in [0.2, 0.25) is 15.1 Å². The van der Waals surface area contributed by atoms with E-state index < -0.39 is 0 Å². The van der Waals surface area contributed by atoms with Gasteiger partial charge in [0, 0.05) is 0 Å². The molecule has 0 aliphatic carbocycles. The number of hydrogen-bond acceptors (Lipinski definition) is 0. The largest absolute Gasteiger partial charge is 0.102 e. The summed E-state index contributed by atoms with van der Waals surface area (Å²) in [7, 11) is 0. The molecular formula is C10H9Cl3. The lowest BCUT2D eigenvalue weighted by atomic mass is 10.0. The second-order valence-corrected chi connectivity index (χ2v) is 4.02. The summed E-state index contributed by atoms with van der Waals surface area (Å²) in [6, 6.07) is 3.62. The molecule has 3 heteroatoms. The van der Waals surface area contributed by atoms with Gasteiger partial charge in [-0.25, -0.2) is 0 Å². The lowest BCUT2D eigenvalue weighted by molar-refractivity contribution is 0.971. The highest BCUT2D eigenvalue weighted by Gasteiger charge is 2.08. The number of hydrogen-bond donors (Lipinski definition) is 0. The maximum absolute atomic E-state index is 5.87. The second-order valence-electron chi connectivity index (χ2n) is 2.82. The summed E-state index contributed by atoms with van der Waals surface area (Å²) in [5.41, 5.74) is 1.02. The molecule has 1 aromatic carbocycles. The maximum atomic E-state index is 5.87. The van der Waals surface area contributed by atoms with Crippen molar-refractivity contribution >= 4 is 34.8 Å². The molecule has 0 fully saturated rings. The molecule has 0 saturated heterocycles. The fourth-order valence-electron chi connectivity index (χ4n) is 0.974. The van der Waals surface area contributed by atoms with E-state index in [1.807, 2.05) is 25.1 Å². The highest BCUT2D eigenvalue weighted by molar-refractivity contribution is 6.48. The summed E-state index contributed by atoms with van der Waals surface area (Å²) >= 11 is 17.5. The van der Waals surface area contributed by atoms with Gasteiger partial charge in [0.1, 0.15) is 0 Å². The average molecular weight is 236 g/mol. The van der Waals surface area contributed by atoms with Crippen LogP contribution in [-0.2, 0) is 0 Å². The zero-order chi connectivity index (χ0) is 10.0. The first kappa shape index (κ1) is 10.9. The van der Waals surface area contributed by atoms with Crippen molar-refractivity contribution in [3.63, 3.8) is 0 Å². The van der Waals surface area contributed by atoms with Gasteiger partial charge in [0.05, 0.1) is 15.1 Å². The molecule has 1 unspecified atom stereocenters. The topological polar surface area (TPSA) is 0 Å². The molecule has 0 amide bonds. The standard InChI is InChI=1S/C10H9Cl3/c1-3-6(2)7-4-8(11)10(13)9(12)5-7/h3-6H,1H2,2H3. The predicted octanol–water partition coefficient (Wildman–Crippen LogP) is 4.94. The van der Waals surface area contributed by atoms with Gasteiger partial charge in [-0.15, -0.1) is 6.58 Å². The average Bonchev–Trinajstić information content (AvgIpc) is 2.12. The Morgan fingerprint density at radius 1 is 1.23 bits per heavy atom. The van der Waals surface area contributed by atoms with Crippen LogP contribution in [0.5, 0.6) is 0 Å². The van der Waals surface area contributed by atoms with Crippen molar-refractivity contribution in [2.45, 2.75) is 12.8 Å². The van der Waals surface area contributed by atoms with E-state index in [1.54, 1.807) is 0 Å². The summed E-state index contributed by atoms with van der Waals surface area (Å²) in [5.74, 6) is 0.229. The fourth-order valence-corrected chi connectivity index (χ4v) is 1.59. The smallest absolute Gasteiger partial charge is 0.0778 e. The van der Waals surface area contributed by atoms with Crippen molar-refractivity contribution in [2.75, 3.05) is 0 Å². The Labute approximate surface area is 93.1 Å². The molecule has 0 aliphatic heterocycles. The third kappa shape index (κ3) is 2.40. The first-order valence-corrected chi connectivity index (χ1v) is 4.96. The van der Waals surface area contributed by atoms with Crippen molar-refractivity contribution in [3.05, 3.63) is 45.4 Å². The summed E-state index contributed by atoms with van der Waals surface area (Å²) in [6.07, 6.45) is 1.83. The van der Waals surface area contributed by atoms with E-state index in [4.69, 9.17) is 34.8 Å². The highest BCUT2D eigenvalue weighted by atomic mass is 35.5. The fraction of sp³-hybridized carbons (Fsp3) is 0.200. The molecule has 70 valence electrons. The van der Waals surface area contributed by atoms with Crippen LogP contribution >= 0.6 is 34.8 Å². The van der Waals surface area contributed by atoms with E-state index in [9.17, 15) is 0 Å². The molecule has 0 spiro atoms. The molecule has 0 heterocycles. The van der Waals surface area contributed by atoms with Gasteiger partial charge >= 0.3 is 0 Å². The normalized spacial score (nSPS) is 12.6. The van der Waals surface area contributed by atoms with Gasteiger partial charge in [-0.05, 0) is 23.6 Å². The third-order valence-corrected chi connectivity index (χ3v) is 3.08. The Morgan fingerprint density at radius 2 is 1.69 bits per heavy atom. The van der Waals surface area contributed by atoms with E-state index in [0.717, 1.165) is 5.56 Å². The Kier molecular flexibility index (Phi) is 3.66. The second kappa shape index (κ2) is 4.36. The van der Waals surface area contributed by atoms with Crippen LogP contribution in [0.1, 0.15) is 18.4 Å². The van der Waals surface area contributed by atoms with Gasteiger partial charge < -0.3 is 0 Å². The third-order valence-electron chi connectivity index (χ3n) is 1.89. The van der Waals surface area contributed by atoms with Gasteiger partial charge in [0.15, 0.2) is 0 Å². The van der Waals surface area contributed by atoms with Crippen LogP contribution in [0, 0.1) is 0 Å². The molecule has 0 radical (unpaired) electrons. The molecule has 0 aliphatic rings. The summed E-state index contributed by atoms with van der Waals surface area (Å²) in [4.78, 5) is 0. The number of allylic oxidation sites excluding steroid dienone is 1. The van der Waals surface area contributed by atoms with Gasteiger partial charge in [0.25, 0.3) is 0 Å². The Bertz CT molecular complexity index is 308. The van der Waals surface area contributed by atoms with Gasteiger partial charge in [0.2, 0.25) is 0 Å². The van der Waals surface area contributed by atoms with Crippen molar-refractivity contribution in [3.8, 4) is 0 Å². The minimum absolute atomic E-state index is 0.229. The molecule has 0 bridgehead atoms. The Morgan fingerprint density at radius 3 is 2.08 bits per heavy atom. The van der Waals surface area contributed by atoms with Crippen LogP contribution in [0.4, 0.5) is 0 Å². The molecule has 1 aromatic rings. The van der Waals surface area contributed by atoms with Crippen molar-refractivity contribution < 1.29 is 0 Å². The number of rotatable bonds is 2. The molecule has 13 heavy (non-hydrogen) atoms. The van der Waals surface area contributed by atoms with E-state index in [2.05, 4.69) is 6.58 Å². The monoisotopic (exact) mass is 234 g/mol. The van der Waals surface area contributed by atoms with Gasteiger partial charge in [-0.1, -0.05) is 47.8 Å². The molecular weight excluding hydrogens is 226 g/mol. The minimum atomic E-state index is 0.229. The first-order chi connectivity index (χ1) is 6.06. The van der Waals surface area contributed by atoms with E-state index in [-0.39, 0.29) is 5.92 Å². The molecule has 1 rings (SSSR count). The van der Waals surface area contributed by atoms with Gasteiger partial charge in [-0.2, -0.15) is 0 Å². The lowest BCUT2D eigenvalue weighted by Crippen LogP contribution is -1.89. The SMILES string of the molecule is C=CC(C)c1cc(Cl)c(Cl)c(Cl)c1. The molecule has 1 atom stereocenters. The maximum Gasteiger partial charge on any atom is 0.0778 e. The number of benzene rings is 1. The molecule has 0 aromatic heterocycles. The Hall–Kier alpha value is -0.170. The molecule has 0 saturated carbocycles. The van der Waals surface area contributed by atoms with Crippen LogP contribution in [0.15, 0.2) is 24.8 Å². The van der Waals surface area contributed by atoms with E-state index in [0.29, 0.717) is 15.1 Å². The molecule has 0 N–H and O–H groups in total. The first-order valence-electron chi connectivity index (χ1n) is 3.83. The van der Waals surface area contributed by atoms with Crippen molar-refractivity contribution in [2.24, 2.45) is 0 Å². The summed E-state index contributed by atoms with van der Waals surface area (Å²) in [6.45, 7) is 5.72. The quantitative estimate of drug-likeness (QED) is 0.503. The summed E-state index contributed by atoms with van der Waals surface area (Å²) in [5, 5.41) is 1.37. The van der Waals surface area contributed by atoms with Crippen LogP contribution in [-0.4, -0.2) is 0 Å². The van der Waals surface area contributed by atoms with Gasteiger partial charge in [-0.3, -0.25) is 0 Å². The highest BCUT2D eigenvalue weighted by Crippen LogP contribution is 2.33. The van der Waals surface area contributed by atoms with E-state index in [1.165, 1.54) is 0 Å². The van der Waals surface area contributed by atoms with E-state index >= 15 is 0 Å². The van der Waals surface area contributed by atoms with Crippen molar-refractivity contribution in [1.82, 2.24) is 0 Å². The van der Waals surface area contributed by atoms with Crippen LogP contribution < -0.4 is 0 Å². The predicted molar refractivity (Wildman–Crippen MR) is 60.1 cm³/mol.